The first-order valence-electron chi connectivity index (χ1n) is 10.5. The topological polar surface area (TPSA) is 95.2 Å². The van der Waals surface area contributed by atoms with Gasteiger partial charge >= 0.3 is 0 Å². The summed E-state index contributed by atoms with van der Waals surface area (Å²) in [5.41, 5.74) is 0.999. The zero-order valence-corrected chi connectivity index (χ0v) is 18.4. The number of hydrazone groups is 1. The molecule has 32 heavy (non-hydrogen) atoms. The standard InChI is InChI=1S/C24H22ClN3O4/c1-24(2)21(29)20(18-9-13(11-26)6-7-19(18)32-24)31-22-16-10-17(16)23(30)28(27-22)12-14-4-3-5-15(25)8-14/h3-9,16-17,20-21,29H,10,12H2,1-2H3/t16-,17+,20-,21+/m1/s1. The van der Waals surface area contributed by atoms with Gasteiger partial charge in [-0.1, -0.05) is 23.7 Å². The van der Waals surface area contributed by atoms with Crippen molar-refractivity contribution < 1.29 is 19.4 Å². The molecule has 2 heterocycles. The van der Waals surface area contributed by atoms with Crippen molar-refractivity contribution in [2.45, 2.75) is 44.6 Å². The number of carbonyl (C=O) groups excluding carboxylic acids is 1. The van der Waals surface area contributed by atoms with Gasteiger partial charge in [-0.25, -0.2) is 5.01 Å². The summed E-state index contributed by atoms with van der Waals surface area (Å²) in [6.07, 6.45) is -1.11. The van der Waals surface area contributed by atoms with Crippen LogP contribution in [-0.4, -0.2) is 33.6 Å². The minimum Gasteiger partial charge on any atom is -0.485 e. The SMILES string of the molecule is CC1(C)Oc2ccc(C#N)cc2[C@@H](OC2=NN(Cc3cccc(Cl)c3)C(=O)[C@H]3C[C@@H]23)[C@@H]1O. The highest BCUT2D eigenvalue weighted by atomic mass is 35.5. The van der Waals surface area contributed by atoms with E-state index in [0.717, 1.165) is 5.56 Å². The smallest absolute Gasteiger partial charge is 0.247 e. The van der Waals surface area contributed by atoms with Gasteiger partial charge in [0.1, 0.15) is 17.5 Å². The number of ether oxygens (including phenoxy) is 2. The van der Waals surface area contributed by atoms with Crippen LogP contribution in [0.1, 0.15) is 43.1 Å². The number of hydrogen-bond donors (Lipinski definition) is 1. The summed E-state index contributed by atoms with van der Waals surface area (Å²) >= 11 is 6.08. The van der Waals surface area contributed by atoms with Crippen LogP contribution in [-0.2, 0) is 16.1 Å². The summed E-state index contributed by atoms with van der Waals surface area (Å²) in [7, 11) is 0. The molecule has 2 aromatic carbocycles. The Labute approximate surface area is 190 Å². The summed E-state index contributed by atoms with van der Waals surface area (Å²) in [5, 5.41) is 26.9. The van der Waals surface area contributed by atoms with E-state index in [1.54, 1.807) is 44.2 Å². The van der Waals surface area contributed by atoms with Crippen molar-refractivity contribution in [3.63, 3.8) is 0 Å². The van der Waals surface area contributed by atoms with Crippen molar-refractivity contribution in [1.29, 1.82) is 5.26 Å². The van der Waals surface area contributed by atoms with Crippen LogP contribution in [0.2, 0.25) is 5.02 Å². The Kier molecular flexibility index (Phi) is 4.88. The second-order valence-electron chi connectivity index (χ2n) is 8.97. The molecule has 5 rings (SSSR count). The monoisotopic (exact) mass is 451 g/mol. The number of nitriles is 1. The minimum absolute atomic E-state index is 0.0395. The number of hydrogen-bond acceptors (Lipinski definition) is 6. The molecule has 1 fully saturated rings. The van der Waals surface area contributed by atoms with Crippen molar-refractivity contribution >= 4 is 23.4 Å². The molecule has 1 amide bonds. The molecule has 0 spiro atoms. The lowest BCUT2D eigenvalue weighted by molar-refractivity contribution is -0.135. The van der Waals surface area contributed by atoms with Crippen LogP contribution in [0.3, 0.4) is 0 Å². The first-order valence-corrected chi connectivity index (χ1v) is 10.9. The Morgan fingerprint density at radius 3 is 2.88 bits per heavy atom. The van der Waals surface area contributed by atoms with Crippen molar-refractivity contribution in [1.82, 2.24) is 5.01 Å². The molecule has 2 aromatic rings. The van der Waals surface area contributed by atoms with Crippen LogP contribution in [0.4, 0.5) is 0 Å². The molecule has 0 unspecified atom stereocenters. The van der Waals surface area contributed by atoms with Gasteiger partial charge in [-0.2, -0.15) is 5.26 Å². The normalized spacial score (nSPS) is 27.4. The van der Waals surface area contributed by atoms with Gasteiger partial charge in [-0.15, -0.1) is 5.10 Å². The van der Waals surface area contributed by atoms with Gasteiger partial charge in [-0.3, -0.25) is 4.79 Å². The largest absolute Gasteiger partial charge is 0.485 e. The number of benzene rings is 2. The van der Waals surface area contributed by atoms with Crippen molar-refractivity contribution in [3.8, 4) is 11.8 Å². The number of nitrogens with zero attached hydrogens (tertiary/aromatic N) is 3. The number of amides is 1. The zero-order chi connectivity index (χ0) is 22.6. The molecule has 8 heteroatoms. The molecular weight excluding hydrogens is 430 g/mol. The fraction of sp³-hybridized carbons (Fsp3) is 0.375. The highest BCUT2D eigenvalue weighted by Gasteiger charge is 2.55. The van der Waals surface area contributed by atoms with E-state index in [9.17, 15) is 15.2 Å². The first-order chi connectivity index (χ1) is 15.3. The summed E-state index contributed by atoms with van der Waals surface area (Å²) in [6, 6.07) is 14.5. The average molecular weight is 452 g/mol. The third-order valence-electron chi connectivity index (χ3n) is 6.19. The predicted octanol–water partition coefficient (Wildman–Crippen LogP) is 3.79. The molecule has 0 aromatic heterocycles. The number of rotatable bonds is 3. The number of fused-ring (bicyclic) bond motifs is 2. The van der Waals surface area contributed by atoms with Gasteiger partial charge in [0, 0.05) is 16.5 Å². The maximum Gasteiger partial charge on any atom is 0.247 e. The van der Waals surface area contributed by atoms with E-state index < -0.39 is 17.8 Å². The van der Waals surface area contributed by atoms with Gasteiger partial charge < -0.3 is 14.6 Å². The van der Waals surface area contributed by atoms with E-state index in [1.807, 2.05) is 12.1 Å². The van der Waals surface area contributed by atoms with E-state index in [2.05, 4.69) is 11.2 Å². The molecule has 1 aliphatic carbocycles. The molecule has 0 radical (unpaired) electrons. The Hall–Kier alpha value is -3.08. The summed E-state index contributed by atoms with van der Waals surface area (Å²) < 4.78 is 12.3. The van der Waals surface area contributed by atoms with Crippen LogP contribution >= 0.6 is 11.6 Å². The second-order valence-corrected chi connectivity index (χ2v) is 9.40. The number of aliphatic hydroxyl groups is 1. The Morgan fingerprint density at radius 1 is 1.31 bits per heavy atom. The van der Waals surface area contributed by atoms with Crippen LogP contribution in [0, 0.1) is 23.2 Å². The van der Waals surface area contributed by atoms with E-state index in [1.165, 1.54) is 5.01 Å². The molecule has 0 bridgehead atoms. The maximum absolute atomic E-state index is 12.8. The number of aliphatic hydroxyl groups excluding tert-OH is 1. The van der Waals surface area contributed by atoms with Gasteiger partial charge in [0.2, 0.25) is 11.8 Å². The summed E-state index contributed by atoms with van der Waals surface area (Å²) in [4.78, 5) is 12.8. The highest BCUT2D eigenvalue weighted by molar-refractivity contribution is 6.30. The first kappa shape index (κ1) is 20.8. The Bertz CT molecular complexity index is 1170. The molecule has 4 atom stereocenters. The number of halogens is 1. The van der Waals surface area contributed by atoms with Crippen LogP contribution < -0.4 is 4.74 Å². The van der Waals surface area contributed by atoms with Gasteiger partial charge in [-0.05, 0) is 56.2 Å². The third kappa shape index (κ3) is 3.60. The van der Waals surface area contributed by atoms with Gasteiger partial charge in [0.15, 0.2) is 6.10 Å². The third-order valence-corrected chi connectivity index (χ3v) is 6.42. The second kappa shape index (κ2) is 7.51. The van der Waals surface area contributed by atoms with E-state index in [-0.39, 0.29) is 24.3 Å². The van der Waals surface area contributed by atoms with Crippen LogP contribution in [0.15, 0.2) is 47.6 Å². The summed E-state index contributed by atoms with van der Waals surface area (Å²) in [5.74, 6) is 0.671. The zero-order valence-electron chi connectivity index (χ0n) is 17.7. The molecule has 0 saturated heterocycles. The Balaban J connectivity index is 1.47. The van der Waals surface area contributed by atoms with Gasteiger partial charge in [0.05, 0.1) is 24.1 Å². The maximum atomic E-state index is 12.8. The molecule has 1 N–H and O–H groups in total. The molecular formula is C24H22ClN3O4. The Morgan fingerprint density at radius 2 is 2.12 bits per heavy atom. The van der Waals surface area contributed by atoms with E-state index in [4.69, 9.17) is 21.1 Å². The number of carbonyl (C=O) groups is 1. The lowest BCUT2D eigenvalue weighted by atomic mass is 9.87. The quantitative estimate of drug-likeness (QED) is 0.765. The van der Waals surface area contributed by atoms with Gasteiger partial charge in [0.25, 0.3) is 0 Å². The van der Waals surface area contributed by atoms with Crippen LogP contribution in [0.25, 0.3) is 0 Å². The molecule has 3 aliphatic rings. The van der Waals surface area contributed by atoms with E-state index >= 15 is 0 Å². The summed E-state index contributed by atoms with van der Waals surface area (Å²) in [6.45, 7) is 3.85. The predicted molar refractivity (Wildman–Crippen MR) is 117 cm³/mol. The van der Waals surface area contributed by atoms with Crippen LogP contribution in [0.5, 0.6) is 5.75 Å². The van der Waals surface area contributed by atoms with Crippen molar-refractivity contribution in [3.05, 3.63) is 64.2 Å². The minimum atomic E-state index is -0.997. The average Bonchev–Trinajstić information content (AvgIpc) is 3.55. The van der Waals surface area contributed by atoms with E-state index in [0.29, 0.717) is 34.2 Å². The highest BCUT2D eigenvalue weighted by Crippen LogP contribution is 2.48. The molecule has 164 valence electrons. The molecule has 7 nitrogen and oxygen atoms in total. The lowest BCUT2D eigenvalue weighted by Crippen LogP contribution is -2.50. The fourth-order valence-corrected chi connectivity index (χ4v) is 4.49. The van der Waals surface area contributed by atoms with Crippen molar-refractivity contribution in [2.24, 2.45) is 16.9 Å². The molecule has 2 aliphatic heterocycles. The lowest BCUT2D eigenvalue weighted by Gasteiger charge is -2.42. The fourth-order valence-electron chi connectivity index (χ4n) is 4.28. The van der Waals surface area contributed by atoms with Crippen molar-refractivity contribution in [2.75, 3.05) is 0 Å². The molecule has 1 saturated carbocycles.